The summed E-state index contributed by atoms with van der Waals surface area (Å²) >= 11 is 0.961. The van der Waals surface area contributed by atoms with Gasteiger partial charge in [0, 0.05) is 25.4 Å². The van der Waals surface area contributed by atoms with E-state index in [2.05, 4.69) is 10.4 Å². The number of thiophene rings is 1. The van der Waals surface area contributed by atoms with Crippen LogP contribution in [0.3, 0.4) is 0 Å². The van der Waals surface area contributed by atoms with Gasteiger partial charge in [0.05, 0.1) is 10.6 Å². The maximum absolute atomic E-state index is 11.9. The van der Waals surface area contributed by atoms with E-state index in [0.29, 0.717) is 11.4 Å². The lowest BCUT2D eigenvalue weighted by molar-refractivity contribution is 0.0702. The number of amides is 1. The summed E-state index contributed by atoms with van der Waals surface area (Å²) in [5.41, 5.74) is 1.80. The predicted molar refractivity (Wildman–Crippen MR) is 70.4 cm³/mol. The van der Waals surface area contributed by atoms with Crippen molar-refractivity contribution in [3.05, 3.63) is 39.3 Å². The van der Waals surface area contributed by atoms with Crippen molar-refractivity contribution in [3.63, 3.8) is 0 Å². The highest BCUT2D eigenvalue weighted by Crippen LogP contribution is 2.16. The molecular formula is C12H13N3O3S. The first-order chi connectivity index (χ1) is 8.97. The molecule has 7 heteroatoms. The molecule has 0 saturated heterocycles. The summed E-state index contributed by atoms with van der Waals surface area (Å²) in [5, 5.41) is 15.7. The summed E-state index contributed by atoms with van der Waals surface area (Å²) < 4.78 is 1.69. The number of nitrogens with zero attached hydrogens (tertiary/aromatic N) is 2. The Labute approximate surface area is 113 Å². The molecule has 0 aliphatic rings. The molecule has 0 bridgehead atoms. The zero-order valence-corrected chi connectivity index (χ0v) is 11.3. The third-order valence-corrected chi connectivity index (χ3v) is 3.67. The number of hydrogen-bond donors (Lipinski definition) is 2. The van der Waals surface area contributed by atoms with Gasteiger partial charge in [-0.05, 0) is 19.1 Å². The molecule has 100 valence electrons. The second-order valence-corrected chi connectivity index (χ2v) is 5.15. The van der Waals surface area contributed by atoms with E-state index in [9.17, 15) is 9.59 Å². The average molecular weight is 279 g/mol. The smallest absolute Gasteiger partial charge is 0.345 e. The third kappa shape index (κ3) is 3.00. The maximum atomic E-state index is 11.9. The zero-order valence-electron chi connectivity index (χ0n) is 10.5. The van der Waals surface area contributed by atoms with E-state index in [4.69, 9.17) is 5.11 Å². The van der Waals surface area contributed by atoms with Crippen LogP contribution in [-0.4, -0.2) is 26.8 Å². The number of hydrogen-bond acceptors (Lipinski definition) is 4. The molecule has 0 fully saturated rings. The predicted octanol–water partition coefficient (Wildman–Crippen LogP) is 1.42. The van der Waals surface area contributed by atoms with Crippen LogP contribution in [0.1, 0.15) is 30.6 Å². The molecule has 2 heterocycles. The highest BCUT2D eigenvalue weighted by Gasteiger charge is 2.13. The van der Waals surface area contributed by atoms with Crippen molar-refractivity contribution < 1.29 is 14.7 Å². The van der Waals surface area contributed by atoms with Gasteiger partial charge in [0.15, 0.2) is 0 Å². The molecule has 0 aliphatic carbocycles. The summed E-state index contributed by atoms with van der Waals surface area (Å²) in [4.78, 5) is 23.1. The van der Waals surface area contributed by atoms with Crippen molar-refractivity contribution in [2.45, 2.75) is 13.5 Å². The fourth-order valence-electron chi connectivity index (χ4n) is 1.66. The monoisotopic (exact) mass is 279 g/mol. The molecule has 2 aromatic heterocycles. The highest BCUT2D eigenvalue weighted by atomic mass is 32.1. The molecule has 19 heavy (non-hydrogen) atoms. The Morgan fingerprint density at radius 3 is 2.63 bits per heavy atom. The van der Waals surface area contributed by atoms with Crippen LogP contribution in [-0.2, 0) is 13.6 Å². The Balaban J connectivity index is 2.01. The van der Waals surface area contributed by atoms with E-state index in [1.807, 2.05) is 20.2 Å². The summed E-state index contributed by atoms with van der Waals surface area (Å²) in [6.07, 6.45) is 1.84. The van der Waals surface area contributed by atoms with Crippen molar-refractivity contribution in [1.29, 1.82) is 0 Å². The molecule has 6 nitrogen and oxygen atoms in total. The second kappa shape index (κ2) is 5.23. The average Bonchev–Trinajstić information content (AvgIpc) is 2.93. The molecule has 0 aliphatic heterocycles. The molecule has 2 aromatic rings. The minimum atomic E-state index is -1.02. The van der Waals surface area contributed by atoms with Crippen LogP contribution in [0.2, 0.25) is 0 Å². The van der Waals surface area contributed by atoms with Crippen molar-refractivity contribution in [2.75, 3.05) is 0 Å². The van der Waals surface area contributed by atoms with Gasteiger partial charge < -0.3 is 10.4 Å². The fourth-order valence-corrected chi connectivity index (χ4v) is 2.42. The molecule has 2 N–H and O–H groups in total. The van der Waals surface area contributed by atoms with Gasteiger partial charge in [-0.3, -0.25) is 9.48 Å². The molecule has 0 aromatic carbocycles. The van der Waals surface area contributed by atoms with Crippen LogP contribution in [0.25, 0.3) is 0 Å². The number of carbonyl (C=O) groups excluding carboxylic acids is 1. The fraction of sp³-hybridized carbons (Fsp3) is 0.250. The topological polar surface area (TPSA) is 84.2 Å². The Hall–Kier alpha value is -2.15. The van der Waals surface area contributed by atoms with Crippen molar-refractivity contribution >= 4 is 23.2 Å². The van der Waals surface area contributed by atoms with Gasteiger partial charge in [-0.2, -0.15) is 5.10 Å². The number of aryl methyl sites for hydroxylation is 2. The van der Waals surface area contributed by atoms with Crippen LogP contribution >= 0.6 is 11.3 Å². The first kappa shape index (κ1) is 13.3. The van der Waals surface area contributed by atoms with E-state index >= 15 is 0 Å². The molecule has 0 spiro atoms. The number of nitrogens with one attached hydrogen (secondary N) is 1. The summed E-state index contributed by atoms with van der Waals surface area (Å²) in [5.74, 6) is -1.30. The van der Waals surface area contributed by atoms with Crippen molar-refractivity contribution in [3.8, 4) is 0 Å². The zero-order chi connectivity index (χ0) is 14.0. The van der Waals surface area contributed by atoms with Gasteiger partial charge in [0.25, 0.3) is 5.91 Å². The number of carboxylic acid groups (broad SMARTS) is 1. The Morgan fingerprint density at radius 1 is 1.42 bits per heavy atom. The Morgan fingerprint density at radius 2 is 2.11 bits per heavy atom. The van der Waals surface area contributed by atoms with Gasteiger partial charge in [0.2, 0.25) is 0 Å². The van der Waals surface area contributed by atoms with E-state index in [1.54, 1.807) is 4.68 Å². The van der Waals surface area contributed by atoms with Crippen LogP contribution in [0, 0.1) is 6.92 Å². The molecule has 0 unspecified atom stereocenters. The lowest BCUT2D eigenvalue weighted by atomic mass is 10.2. The van der Waals surface area contributed by atoms with Gasteiger partial charge in [0.1, 0.15) is 4.88 Å². The van der Waals surface area contributed by atoms with Crippen molar-refractivity contribution in [1.82, 2.24) is 15.1 Å². The normalized spacial score (nSPS) is 10.4. The Kier molecular flexibility index (Phi) is 3.66. The summed E-state index contributed by atoms with van der Waals surface area (Å²) in [6.45, 7) is 2.24. The molecule has 2 rings (SSSR count). The molecule has 0 radical (unpaired) electrons. The first-order valence-electron chi connectivity index (χ1n) is 5.58. The van der Waals surface area contributed by atoms with Crippen LogP contribution < -0.4 is 5.32 Å². The van der Waals surface area contributed by atoms with Gasteiger partial charge in [-0.1, -0.05) is 0 Å². The molecular weight excluding hydrogens is 266 g/mol. The van der Waals surface area contributed by atoms with E-state index in [-0.39, 0.29) is 10.8 Å². The SMILES string of the molecule is Cc1nn(C)cc1CNC(=O)c1ccc(C(=O)O)s1. The van der Waals surface area contributed by atoms with Gasteiger partial charge >= 0.3 is 5.97 Å². The highest BCUT2D eigenvalue weighted by molar-refractivity contribution is 7.15. The lowest BCUT2D eigenvalue weighted by Crippen LogP contribution is -2.21. The number of carbonyl (C=O) groups is 2. The minimum absolute atomic E-state index is 0.155. The standard InChI is InChI=1S/C12H13N3O3S/c1-7-8(6-15(2)14-7)5-13-11(16)9-3-4-10(19-9)12(17)18/h3-4,6H,5H2,1-2H3,(H,13,16)(H,17,18). The summed E-state index contributed by atoms with van der Waals surface area (Å²) in [7, 11) is 1.82. The second-order valence-electron chi connectivity index (χ2n) is 4.07. The Bertz CT molecular complexity index is 630. The van der Waals surface area contributed by atoms with Crippen LogP contribution in [0.4, 0.5) is 0 Å². The van der Waals surface area contributed by atoms with Crippen molar-refractivity contribution in [2.24, 2.45) is 7.05 Å². The number of carboxylic acids is 1. The number of aromatic carboxylic acids is 1. The molecule has 1 amide bonds. The molecule has 0 saturated carbocycles. The van der Waals surface area contributed by atoms with Gasteiger partial charge in [-0.25, -0.2) is 4.79 Å². The minimum Gasteiger partial charge on any atom is -0.477 e. The summed E-state index contributed by atoms with van der Waals surface area (Å²) in [6, 6.07) is 2.94. The lowest BCUT2D eigenvalue weighted by Gasteiger charge is -2.01. The van der Waals surface area contributed by atoms with E-state index < -0.39 is 5.97 Å². The number of aromatic nitrogens is 2. The molecule has 0 atom stereocenters. The first-order valence-corrected chi connectivity index (χ1v) is 6.39. The largest absolute Gasteiger partial charge is 0.477 e. The van der Waals surface area contributed by atoms with E-state index in [0.717, 1.165) is 22.6 Å². The maximum Gasteiger partial charge on any atom is 0.345 e. The van der Waals surface area contributed by atoms with Crippen LogP contribution in [0.15, 0.2) is 18.3 Å². The number of rotatable bonds is 4. The quantitative estimate of drug-likeness (QED) is 0.886. The third-order valence-electron chi connectivity index (χ3n) is 2.60. The van der Waals surface area contributed by atoms with Gasteiger partial charge in [-0.15, -0.1) is 11.3 Å². The van der Waals surface area contributed by atoms with Crippen LogP contribution in [0.5, 0.6) is 0 Å². The van der Waals surface area contributed by atoms with E-state index in [1.165, 1.54) is 12.1 Å².